The van der Waals surface area contributed by atoms with Gasteiger partial charge in [0, 0.05) is 46.3 Å². The number of halogens is 1. The Morgan fingerprint density at radius 1 is 0.969 bits per heavy atom. The molecule has 3 rings (SSSR count). The molecule has 0 saturated carbocycles. The highest BCUT2D eigenvalue weighted by atomic mass is 19.1. The van der Waals surface area contributed by atoms with Crippen molar-refractivity contribution in [2.75, 3.05) is 61.1 Å². The molecule has 0 atom stereocenters. The molecule has 8 heteroatoms. The normalized spacial score (nSPS) is 14.9. The van der Waals surface area contributed by atoms with Gasteiger partial charge in [-0.3, -0.25) is 9.89 Å². The largest absolute Gasteiger partial charge is 0.493 e. The molecule has 1 N–H and O–H groups in total. The van der Waals surface area contributed by atoms with E-state index in [0.29, 0.717) is 23.8 Å². The number of guanidine groups is 1. The average molecular weight is 445 g/mol. The molecule has 0 aromatic heterocycles. The number of benzene rings is 2. The number of rotatable bonds is 8. The monoisotopic (exact) mass is 444 g/mol. The van der Waals surface area contributed by atoms with Gasteiger partial charge in [0.25, 0.3) is 0 Å². The standard InChI is InChI=1S/C24H33FN4O3/c1-26-24(27-9-8-18-6-5-7-20(25)14-18)29-12-10-28(11-13-29)17-19-15-21(30-2)23(32-4)22(16-19)31-3/h5-7,14-16H,8-13,17H2,1-4H3,(H,26,27). The number of hydrogen-bond acceptors (Lipinski definition) is 5. The van der Waals surface area contributed by atoms with Crippen LogP contribution in [-0.2, 0) is 13.0 Å². The van der Waals surface area contributed by atoms with Crippen molar-refractivity contribution in [1.29, 1.82) is 0 Å². The van der Waals surface area contributed by atoms with Gasteiger partial charge in [-0.05, 0) is 41.8 Å². The number of ether oxygens (including phenoxy) is 3. The Morgan fingerprint density at radius 3 is 2.22 bits per heavy atom. The second-order valence-corrected chi connectivity index (χ2v) is 7.65. The third-order valence-corrected chi connectivity index (χ3v) is 5.60. The molecule has 2 aromatic carbocycles. The summed E-state index contributed by atoms with van der Waals surface area (Å²) in [6.45, 7) is 5.11. The Bertz CT molecular complexity index is 889. The van der Waals surface area contributed by atoms with Crippen LogP contribution in [0, 0.1) is 5.82 Å². The van der Waals surface area contributed by atoms with Crippen molar-refractivity contribution in [3.8, 4) is 17.2 Å². The molecular formula is C24H33FN4O3. The summed E-state index contributed by atoms with van der Waals surface area (Å²) in [5.41, 5.74) is 2.09. The van der Waals surface area contributed by atoms with Crippen LogP contribution in [0.3, 0.4) is 0 Å². The van der Waals surface area contributed by atoms with E-state index in [0.717, 1.165) is 56.2 Å². The van der Waals surface area contributed by atoms with Gasteiger partial charge in [-0.2, -0.15) is 0 Å². The number of piperazine rings is 1. The minimum Gasteiger partial charge on any atom is -0.493 e. The van der Waals surface area contributed by atoms with E-state index < -0.39 is 0 Å². The first-order valence-electron chi connectivity index (χ1n) is 10.8. The lowest BCUT2D eigenvalue weighted by Gasteiger charge is -2.36. The smallest absolute Gasteiger partial charge is 0.203 e. The number of methoxy groups -OCH3 is 3. The van der Waals surface area contributed by atoms with E-state index >= 15 is 0 Å². The number of nitrogens with zero attached hydrogens (tertiary/aromatic N) is 3. The maximum Gasteiger partial charge on any atom is 0.203 e. The molecule has 0 spiro atoms. The van der Waals surface area contributed by atoms with Crippen LogP contribution in [-0.4, -0.2) is 76.9 Å². The van der Waals surface area contributed by atoms with E-state index in [1.165, 1.54) is 6.07 Å². The predicted molar refractivity (Wildman–Crippen MR) is 124 cm³/mol. The minimum absolute atomic E-state index is 0.199. The molecule has 1 aliphatic heterocycles. The molecular weight excluding hydrogens is 411 g/mol. The topological polar surface area (TPSA) is 58.6 Å². The van der Waals surface area contributed by atoms with Crippen molar-refractivity contribution in [3.05, 3.63) is 53.3 Å². The van der Waals surface area contributed by atoms with Gasteiger partial charge in [0.15, 0.2) is 17.5 Å². The average Bonchev–Trinajstić information content (AvgIpc) is 2.82. The lowest BCUT2D eigenvalue weighted by Crippen LogP contribution is -2.52. The van der Waals surface area contributed by atoms with Crippen LogP contribution in [0.15, 0.2) is 41.4 Å². The summed E-state index contributed by atoms with van der Waals surface area (Å²) >= 11 is 0. The Morgan fingerprint density at radius 2 is 1.66 bits per heavy atom. The third kappa shape index (κ3) is 6.03. The molecule has 174 valence electrons. The summed E-state index contributed by atoms with van der Waals surface area (Å²) in [7, 11) is 6.67. The molecule has 1 aliphatic rings. The highest BCUT2D eigenvalue weighted by molar-refractivity contribution is 5.80. The summed E-state index contributed by atoms with van der Waals surface area (Å²) in [6.07, 6.45) is 0.748. The second-order valence-electron chi connectivity index (χ2n) is 7.65. The van der Waals surface area contributed by atoms with E-state index in [2.05, 4.69) is 20.1 Å². The molecule has 0 amide bonds. The number of aliphatic imine (C=N–C) groups is 1. The molecule has 1 saturated heterocycles. The summed E-state index contributed by atoms with van der Waals surface area (Å²) in [5.74, 6) is 2.63. The van der Waals surface area contributed by atoms with Crippen LogP contribution in [0.25, 0.3) is 0 Å². The van der Waals surface area contributed by atoms with E-state index in [9.17, 15) is 4.39 Å². The van der Waals surface area contributed by atoms with E-state index in [4.69, 9.17) is 14.2 Å². The van der Waals surface area contributed by atoms with Crippen molar-refractivity contribution in [1.82, 2.24) is 15.1 Å². The van der Waals surface area contributed by atoms with Crippen LogP contribution >= 0.6 is 0 Å². The van der Waals surface area contributed by atoms with Gasteiger partial charge >= 0.3 is 0 Å². The van der Waals surface area contributed by atoms with Gasteiger partial charge in [-0.15, -0.1) is 0 Å². The maximum atomic E-state index is 13.3. The van der Waals surface area contributed by atoms with Gasteiger partial charge in [-0.1, -0.05) is 12.1 Å². The Balaban J connectivity index is 1.51. The summed E-state index contributed by atoms with van der Waals surface area (Å²) in [4.78, 5) is 9.09. The van der Waals surface area contributed by atoms with Crippen molar-refractivity contribution in [2.45, 2.75) is 13.0 Å². The summed E-state index contributed by atoms with van der Waals surface area (Å²) < 4.78 is 29.7. The second kappa shape index (κ2) is 11.6. The zero-order chi connectivity index (χ0) is 22.9. The molecule has 0 radical (unpaired) electrons. The Hall–Kier alpha value is -3.00. The van der Waals surface area contributed by atoms with Crippen LogP contribution in [0.1, 0.15) is 11.1 Å². The van der Waals surface area contributed by atoms with Crippen molar-refractivity contribution in [3.63, 3.8) is 0 Å². The molecule has 7 nitrogen and oxygen atoms in total. The quantitative estimate of drug-likeness (QED) is 0.499. The van der Waals surface area contributed by atoms with Gasteiger partial charge in [0.2, 0.25) is 5.75 Å². The molecule has 2 aromatic rings. The van der Waals surface area contributed by atoms with Crippen molar-refractivity contribution < 1.29 is 18.6 Å². The highest BCUT2D eigenvalue weighted by Crippen LogP contribution is 2.38. The van der Waals surface area contributed by atoms with Gasteiger partial charge in [0.1, 0.15) is 5.82 Å². The number of nitrogens with one attached hydrogen (secondary N) is 1. The summed E-state index contributed by atoms with van der Waals surface area (Å²) in [6, 6.07) is 10.7. The molecule has 0 aliphatic carbocycles. The first-order chi connectivity index (χ1) is 15.6. The van der Waals surface area contributed by atoms with Crippen LogP contribution in [0.2, 0.25) is 0 Å². The van der Waals surface area contributed by atoms with Crippen molar-refractivity contribution in [2.24, 2.45) is 4.99 Å². The number of hydrogen-bond donors (Lipinski definition) is 1. The fraction of sp³-hybridized carbons (Fsp3) is 0.458. The molecule has 0 bridgehead atoms. The lowest BCUT2D eigenvalue weighted by atomic mass is 10.1. The third-order valence-electron chi connectivity index (χ3n) is 5.60. The van der Waals surface area contributed by atoms with Crippen LogP contribution in [0.5, 0.6) is 17.2 Å². The molecule has 32 heavy (non-hydrogen) atoms. The maximum absolute atomic E-state index is 13.3. The van der Waals surface area contributed by atoms with Crippen molar-refractivity contribution >= 4 is 5.96 Å². The zero-order valence-corrected chi connectivity index (χ0v) is 19.4. The predicted octanol–water partition coefficient (Wildman–Crippen LogP) is 2.79. The Labute approximate surface area is 189 Å². The van der Waals surface area contributed by atoms with Gasteiger partial charge < -0.3 is 24.4 Å². The SMILES string of the molecule is CN=C(NCCc1cccc(F)c1)N1CCN(Cc2cc(OC)c(OC)c(OC)c2)CC1. The first kappa shape index (κ1) is 23.7. The molecule has 1 fully saturated rings. The van der Waals surface area contributed by atoms with E-state index in [1.54, 1.807) is 40.5 Å². The van der Waals surface area contributed by atoms with Gasteiger partial charge in [-0.25, -0.2) is 4.39 Å². The molecule has 0 unspecified atom stereocenters. The van der Waals surface area contributed by atoms with E-state index in [-0.39, 0.29) is 5.82 Å². The Kier molecular flexibility index (Phi) is 8.56. The van der Waals surface area contributed by atoms with Gasteiger partial charge in [0.05, 0.1) is 21.3 Å². The van der Waals surface area contributed by atoms with E-state index in [1.807, 2.05) is 18.2 Å². The minimum atomic E-state index is -0.199. The zero-order valence-electron chi connectivity index (χ0n) is 19.4. The summed E-state index contributed by atoms with van der Waals surface area (Å²) in [5, 5.41) is 3.40. The first-order valence-corrected chi connectivity index (χ1v) is 10.8. The highest BCUT2D eigenvalue weighted by Gasteiger charge is 2.21. The lowest BCUT2D eigenvalue weighted by molar-refractivity contribution is 0.172. The van der Waals surface area contributed by atoms with Crippen LogP contribution in [0.4, 0.5) is 4.39 Å². The van der Waals surface area contributed by atoms with Crippen LogP contribution < -0.4 is 19.5 Å². The fourth-order valence-corrected chi connectivity index (χ4v) is 3.95. The fourth-order valence-electron chi connectivity index (χ4n) is 3.95. The molecule has 1 heterocycles.